The van der Waals surface area contributed by atoms with Crippen LogP contribution in [0.5, 0.6) is 0 Å². The van der Waals surface area contributed by atoms with E-state index in [1.165, 1.54) is 0 Å². The zero-order valence-electron chi connectivity index (χ0n) is 11.4. The normalized spacial score (nSPS) is 17.0. The van der Waals surface area contributed by atoms with E-state index in [1.54, 1.807) is 36.0 Å². The van der Waals surface area contributed by atoms with Gasteiger partial charge in [0.05, 0.1) is 12.5 Å². The van der Waals surface area contributed by atoms with E-state index in [2.05, 4.69) is 25.7 Å². The Kier molecular flexibility index (Phi) is 3.35. The topological polar surface area (TPSA) is 102 Å². The molecule has 108 valence electrons. The van der Waals surface area contributed by atoms with E-state index < -0.39 is 5.92 Å². The molecule has 3 heterocycles. The summed E-state index contributed by atoms with van der Waals surface area (Å²) in [4.78, 5) is 32.0. The number of nitrogens with zero attached hydrogens (tertiary/aromatic N) is 4. The fourth-order valence-corrected chi connectivity index (χ4v) is 2.19. The van der Waals surface area contributed by atoms with Crippen LogP contribution in [0.2, 0.25) is 0 Å². The maximum Gasteiger partial charge on any atom is 0.232 e. The predicted octanol–water partition coefficient (Wildman–Crippen LogP) is 0.579. The summed E-state index contributed by atoms with van der Waals surface area (Å²) < 4.78 is 1.61. The Morgan fingerprint density at radius 3 is 3.14 bits per heavy atom. The molecule has 2 aromatic heterocycles. The van der Waals surface area contributed by atoms with Crippen LogP contribution in [0.4, 0.5) is 11.8 Å². The second-order valence-electron chi connectivity index (χ2n) is 4.82. The highest BCUT2D eigenvalue weighted by Gasteiger charge is 2.29. The standard InChI is InChI=1S/C13H14N6O2/c1-8-15-13-17-12(21)9(7-19(13)18-8)6-11(20)16-10-4-2-3-5-14-10/h2-5,9H,6-7H2,1H3,(H,14,16,20)(H,15,17,18,21). The van der Waals surface area contributed by atoms with Crippen molar-refractivity contribution in [3.63, 3.8) is 0 Å². The summed E-state index contributed by atoms with van der Waals surface area (Å²) >= 11 is 0. The van der Waals surface area contributed by atoms with Gasteiger partial charge < -0.3 is 5.32 Å². The van der Waals surface area contributed by atoms with Crippen molar-refractivity contribution in [3.05, 3.63) is 30.2 Å². The van der Waals surface area contributed by atoms with Crippen molar-refractivity contribution >= 4 is 23.6 Å². The molecule has 3 rings (SSSR count). The minimum absolute atomic E-state index is 0.0702. The van der Waals surface area contributed by atoms with Gasteiger partial charge in [-0.15, -0.1) is 0 Å². The molecule has 0 saturated carbocycles. The largest absolute Gasteiger partial charge is 0.311 e. The second-order valence-corrected chi connectivity index (χ2v) is 4.82. The third kappa shape index (κ3) is 2.88. The highest BCUT2D eigenvalue weighted by molar-refractivity contribution is 5.97. The quantitative estimate of drug-likeness (QED) is 0.859. The van der Waals surface area contributed by atoms with Crippen molar-refractivity contribution in [2.45, 2.75) is 19.9 Å². The predicted molar refractivity (Wildman–Crippen MR) is 74.4 cm³/mol. The monoisotopic (exact) mass is 286 g/mol. The second kappa shape index (κ2) is 5.31. The Balaban J connectivity index is 1.65. The number of pyridine rings is 1. The lowest BCUT2D eigenvalue weighted by molar-refractivity contribution is -0.126. The molecular formula is C13H14N6O2. The minimum atomic E-state index is -0.470. The number of carbonyl (C=O) groups excluding carboxylic acids is 2. The number of amides is 2. The van der Waals surface area contributed by atoms with Crippen molar-refractivity contribution in [2.75, 3.05) is 10.6 Å². The van der Waals surface area contributed by atoms with Gasteiger partial charge in [0, 0.05) is 12.6 Å². The molecule has 0 aliphatic carbocycles. The summed E-state index contributed by atoms with van der Waals surface area (Å²) in [6, 6.07) is 5.23. The molecule has 1 aliphatic rings. The average Bonchev–Trinajstić information content (AvgIpc) is 2.79. The van der Waals surface area contributed by atoms with E-state index in [0.29, 0.717) is 24.1 Å². The first-order valence-corrected chi connectivity index (χ1v) is 6.55. The molecule has 2 aromatic rings. The maximum atomic E-state index is 12.0. The van der Waals surface area contributed by atoms with Gasteiger partial charge in [-0.3, -0.25) is 14.9 Å². The van der Waals surface area contributed by atoms with Crippen LogP contribution in [0.1, 0.15) is 12.2 Å². The maximum absolute atomic E-state index is 12.0. The van der Waals surface area contributed by atoms with E-state index in [9.17, 15) is 9.59 Å². The van der Waals surface area contributed by atoms with Crippen molar-refractivity contribution < 1.29 is 9.59 Å². The van der Waals surface area contributed by atoms with Gasteiger partial charge in [0.25, 0.3) is 0 Å². The summed E-state index contributed by atoms with van der Waals surface area (Å²) in [7, 11) is 0. The van der Waals surface area contributed by atoms with E-state index in [0.717, 1.165) is 0 Å². The molecular weight excluding hydrogens is 272 g/mol. The SMILES string of the molecule is Cc1nc2n(n1)CC(CC(=O)Nc1ccccn1)C(=O)N2. The van der Waals surface area contributed by atoms with Gasteiger partial charge in [-0.1, -0.05) is 6.07 Å². The molecule has 1 aliphatic heterocycles. The third-order valence-electron chi connectivity index (χ3n) is 3.14. The number of anilines is 2. The number of aryl methyl sites for hydroxylation is 1. The number of fused-ring (bicyclic) bond motifs is 1. The number of rotatable bonds is 3. The third-order valence-corrected chi connectivity index (χ3v) is 3.14. The molecule has 21 heavy (non-hydrogen) atoms. The molecule has 0 radical (unpaired) electrons. The molecule has 2 amide bonds. The Bertz CT molecular complexity index is 681. The highest BCUT2D eigenvalue weighted by atomic mass is 16.2. The van der Waals surface area contributed by atoms with Gasteiger partial charge in [-0.05, 0) is 19.1 Å². The van der Waals surface area contributed by atoms with Crippen LogP contribution < -0.4 is 10.6 Å². The van der Waals surface area contributed by atoms with Crippen LogP contribution in [-0.2, 0) is 16.1 Å². The van der Waals surface area contributed by atoms with Crippen LogP contribution in [0.25, 0.3) is 0 Å². The molecule has 2 N–H and O–H groups in total. The number of hydrogen-bond donors (Lipinski definition) is 2. The fraction of sp³-hybridized carbons (Fsp3) is 0.308. The lowest BCUT2D eigenvalue weighted by atomic mass is 10.0. The van der Waals surface area contributed by atoms with Gasteiger partial charge in [-0.25, -0.2) is 9.67 Å². The van der Waals surface area contributed by atoms with Gasteiger partial charge in [0.1, 0.15) is 11.6 Å². The van der Waals surface area contributed by atoms with Crippen molar-refractivity contribution in [1.82, 2.24) is 19.7 Å². The Morgan fingerprint density at radius 2 is 2.38 bits per heavy atom. The van der Waals surface area contributed by atoms with E-state index in [4.69, 9.17) is 0 Å². The number of nitrogens with one attached hydrogen (secondary N) is 2. The van der Waals surface area contributed by atoms with Crippen molar-refractivity contribution in [3.8, 4) is 0 Å². The fourth-order valence-electron chi connectivity index (χ4n) is 2.19. The minimum Gasteiger partial charge on any atom is -0.311 e. The van der Waals surface area contributed by atoms with Crippen molar-refractivity contribution in [2.24, 2.45) is 5.92 Å². The molecule has 0 saturated heterocycles. The lowest BCUT2D eigenvalue weighted by Gasteiger charge is -2.21. The lowest BCUT2D eigenvalue weighted by Crippen LogP contribution is -2.36. The zero-order chi connectivity index (χ0) is 14.8. The van der Waals surface area contributed by atoms with Crippen molar-refractivity contribution in [1.29, 1.82) is 0 Å². The van der Waals surface area contributed by atoms with Crippen LogP contribution in [0.3, 0.4) is 0 Å². The van der Waals surface area contributed by atoms with Gasteiger partial charge in [0.15, 0.2) is 0 Å². The summed E-state index contributed by atoms with van der Waals surface area (Å²) in [6.45, 7) is 2.10. The summed E-state index contributed by atoms with van der Waals surface area (Å²) in [5.41, 5.74) is 0. The average molecular weight is 286 g/mol. The van der Waals surface area contributed by atoms with Gasteiger partial charge in [0.2, 0.25) is 17.8 Å². The molecule has 0 aromatic carbocycles. The van der Waals surface area contributed by atoms with Gasteiger partial charge >= 0.3 is 0 Å². The molecule has 1 unspecified atom stereocenters. The van der Waals surface area contributed by atoms with E-state index in [1.807, 2.05) is 0 Å². The number of hydrogen-bond acceptors (Lipinski definition) is 5. The summed E-state index contributed by atoms with van der Waals surface area (Å²) in [5, 5.41) is 9.49. The Hall–Kier alpha value is -2.77. The van der Waals surface area contributed by atoms with Crippen LogP contribution in [0, 0.1) is 12.8 Å². The molecule has 1 atom stereocenters. The first-order valence-electron chi connectivity index (χ1n) is 6.55. The molecule has 8 nitrogen and oxygen atoms in total. The van der Waals surface area contributed by atoms with Crippen LogP contribution >= 0.6 is 0 Å². The number of carbonyl (C=O) groups is 2. The first-order chi connectivity index (χ1) is 10.1. The van der Waals surface area contributed by atoms with Gasteiger partial charge in [-0.2, -0.15) is 10.1 Å². The smallest absolute Gasteiger partial charge is 0.232 e. The Labute approximate surface area is 120 Å². The van der Waals surface area contributed by atoms with E-state index >= 15 is 0 Å². The summed E-state index contributed by atoms with van der Waals surface area (Å²) in [6.07, 6.45) is 1.66. The molecule has 8 heteroatoms. The van der Waals surface area contributed by atoms with E-state index in [-0.39, 0.29) is 18.2 Å². The molecule has 0 bridgehead atoms. The Morgan fingerprint density at radius 1 is 1.52 bits per heavy atom. The summed E-state index contributed by atoms with van der Waals surface area (Å²) in [5.74, 6) is 0.543. The molecule has 0 spiro atoms. The van der Waals surface area contributed by atoms with Crippen LogP contribution in [0.15, 0.2) is 24.4 Å². The van der Waals surface area contributed by atoms with Crippen LogP contribution in [-0.4, -0.2) is 31.6 Å². The highest BCUT2D eigenvalue weighted by Crippen LogP contribution is 2.19. The zero-order valence-corrected chi connectivity index (χ0v) is 11.4. The first kappa shape index (κ1) is 13.2. The molecule has 0 fully saturated rings. The number of aromatic nitrogens is 4.